The molecule has 0 aromatic rings. The van der Waals surface area contributed by atoms with Crippen LogP contribution in [0.1, 0.15) is 72.6 Å². The van der Waals surface area contributed by atoms with E-state index >= 15 is 0 Å². The van der Waals surface area contributed by atoms with Crippen LogP contribution in [0.5, 0.6) is 0 Å². The number of rotatable bonds is 2. The van der Waals surface area contributed by atoms with Crippen LogP contribution in [0.3, 0.4) is 0 Å². The lowest BCUT2D eigenvalue weighted by atomic mass is 9.45. The van der Waals surface area contributed by atoms with Crippen LogP contribution in [-0.4, -0.2) is 23.1 Å². The van der Waals surface area contributed by atoms with Crippen LogP contribution < -0.4 is 0 Å². The number of Topliss-reactive ketones (excluding diaryl/α,β-unsaturated/α-hetero) is 1. The molecule has 0 aromatic carbocycles. The number of hydrogen-bond donors (Lipinski definition) is 0. The van der Waals surface area contributed by atoms with E-state index in [1.807, 2.05) is 6.08 Å². The number of allylic oxidation sites excluding steroid dienone is 2. The van der Waals surface area contributed by atoms with Crippen molar-refractivity contribution in [2.45, 2.75) is 78.2 Å². The summed E-state index contributed by atoms with van der Waals surface area (Å²) in [4.78, 5) is 36.7. The molecule has 0 bridgehead atoms. The Morgan fingerprint density at radius 3 is 2.43 bits per heavy atom. The zero-order valence-corrected chi connectivity index (χ0v) is 17.6. The summed E-state index contributed by atoms with van der Waals surface area (Å²) in [5.74, 6) is 1.10. The highest BCUT2D eigenvalue weighted by molar-refractivity contribution is 5.92. The maximum Gasteiger partial charge on any atom is 0.303 e. The van der Waals surface area contributed by atoms with E-state index in [9.17, 15) is 14.4 Å². The predicted octanol–water partition coefficient (Wildman–Crippen LogP) is 4.58. The van der Waals surface area contributed by atoms with Crippen molar-refractivity contribution >= 4 is 17.5 Å². The summed E-state index contributed by atoms with van der Waals surface area (Å²) in [6.07, 6.45) is 7.66. The lowest BCUT2D eigenvalue weighted by molar-refractivity contribution is -0.186. The molecule has 152 valence electrons. The Morgan fingerprint density at radius 2 is 1.79 bits per heavy atom. The summed E-state index contributed by atoms with van der Waals surface area (Å²) in [6.45, 7) is 11.8. The van der Waals surface area contributed by atoms with Gasteiger partial charge in [0.25, 0.3) is 0 Å². The molecular formula is C24H32O4. The zero-order chi connectivity index (χ0) is 20.5. The minimum absolute atomic E-state index is 0.00184. The molecule has 4 aliphatic carbocycles. The van der Waals surface area contributed by atoms with Crippen molar-refractivity contribution in [3.05, 3.63) is 23.8 Å². The van der Waals surface area contributed by atoms with Gasteiger partial charge in [-0.15, -0.1) is 0 Å². The van der Waals surface area contributed by atoms with Crippen LogP contribution in [0.2, 0.25) is 0 Å². The van der Waals surface area contributed by atoms with Gasteiger partial charge in [-0.1, -0.05) is 26.0 Å². The second-order valence-corrected chi connectivity index (χ2v) is 10.1. The lowest BCUT2D eigenvalue weighted by Crippen LogP contribution is -2.58. The first kappa shape index (κ1) is 19.6. The standard InChI is InChI=1S/C24H32O4/c1-14-12-18-19(22(4)9-6-17(27)13-21(14)22)7-10-23(5)20(18)8-11-24(23,15(2)25)28-16(3)26/h13,18-20H,1,6-12H2,2-5H3/t18-,19+,20+,22-,23+,24+/m1/s1. The van der Waals surface area contributed by atoms with Crippen LogP contribution in [0, 0.1) is 28.6 Å². The quantitative estimate of drug-likeness (QED) is 0.654. The first-order valence-corrected chi connectivity index (χ1v) is 10.7. The van der Waals surface area contributed by atoms with Gasteiger partial charge < -0.3 is 4.74 Å². The van der Waals surface area contributed by atoms with Crippen LogP contribution in [0.4, 0.5) is 0 Å². The van der Waals surface area contributed by atoms with Gasteiger partial charge in [-0.05, 0) is 80.3 Å². The fraction of sp³-hybridized carbons (Fsp3) is 0.708. The molecule has 0 spiro atoms. The van der Waals surface area contributed by atoms with Crippen LogP contribution in [-0.2, 0) is 19.1 Å². The average molecular weight is 385 g/mol. The van der Waals surface area contributed by atoms with Crippen LogP contribution in [0.25, 0.3) is 0 Å². The van der Waals surface area contributed by atoms with Gasteiger partial charge in [-0.25, -0.2) is 0 Å². The van der Waals surface area contributed by atoms with E-state index in [4.69, 9.17) is 4.74 Å². The van der Waals surface area contributed by atoms with Crippen molar-refractivity contribution in [2.24, 2.45) is 28.6 Å². The van der Waals surface area contributed by atoms with Crippen molar-refractivity contribution in [3.63, 3.8) is 0 Å². The first-order valence-electron chi connectivity index (χ1n) is 10.7. The van der Waals surface area contributed by atoms with Gasteiger partial charge in [0.2, 0.25) is 0 Å². The topological polar surface area (TPSA) is 60.4 Å². The first-order chi connectivity index (χ1) is 13.0. The Kier molecular flexibility index (Phi) is 4.30. The molecule has 4 nitrogen and oxygen atoms in total. The minimum Gasteiger partial charge on any atom is -0.451 e. The molecule has 0 aromatic heterocycles. The molecule has 0 aliphatic heterocycles. The van der Waals surface area contributed by atoms with E-state index in [2.05, 4.69) is 20.4 Å². The monoisotopic (exact) mass is 384 g/mol. The van der Waals surface area contributed by atoms with E-state index in [0.29, 0.717) is 30.6 Å². The normalized spacial score (nSPS) is 44.9. The summed E-state index contributed by atoms with van der Waals surface area (Å²) in [6, 6.07) is 0. The summed E-state index contributed by atoms with van der Waals surface area (Å²) < 4.78 is 5.82. The molecule has 3 fully saturated rings. The van der Waals surface area contributed by atoms with Crippen molar-refractivity contribution in [1.82, 2.24) is 0 Å². The van der Waals surface area contributed by atoms with Crippen molar-refractivity contribution in [2.75, 3.05) is 0 Å². The summed E-state index contributed by atoms with van der Waals surface area (Å²) in [5.41, 5.74) is 0.944. The fourth-order valence-electron chi connectivity index (χ4n) is 7.63. The molecule has 0 unspecified atom stereocenters. The highest BCUT2D eigenvalue weighted by atomic mass is 16.6. The van der Waals surface area contributed by atoms with Crippen LogP contribution >= 0.6 is 0 Å². The van der Waals surface area contributed by atoms with Gasteiger partial charge in [0.1, 0.15) is 0 Å². The SMILES string of the molecule is C=C1C[C@@H]2[C@H](CC[C@@]3(C)[C@H]2CC[C@]3(OC(C)=O)C(C)=O)[C@@]2(C)CCC(=O)C=C12. The Balaban J connectivity index is 1.75. The summed E-state index contributed by atoms with van der Waals surface area (Å²) in [7, 11) is 0. The molecule has 0 saturated heterocycles. The summed E-state index contributed by atoms with van der Waals surface area (Å²) >= 11 is 0. The molecule has 0 N–H and O–H groups in total. The van der Waals surface area contributed by atoms with E-state index < -0.39 is 5.60 Å². The van der Waals surface area contributed by atoms with Gasteiger partial charge >= 0.3 is 5.97 Å². The summed E-state index contributed by atoms with van der Waals surface area (Å²) in [5, 5.41) is 0. The average Bonchev–Trinajstić information content (AvgIpc) is 2.90. The van der Waals surface area contributed by atoms with E-state index in [0.717, 1.165) is 37.7 Å². The van der Waals surface area contributed by atoms with Gasteiger partial charge in [0.15, 0.2) is 17.2 Å². The van der Waals surface area contributed by atoms with Crippen molar-refractivity contribution in [3.8, 4) is 0 Å². The largest absolute Gasteiger partial charge is 0.451 e. The highest BCUT2D eigenvalue weighted by Crippen LogP contribution is 2.68. The number of ether oxygens (including phenoxy) is 1. The zero-order valence-electron chi connectivity index (χ0n) is 17.6. The predicted molar refractivity (Wildman–Crippen MR) is 106 cm³/mol. The molecule has 28 heavy (non-hydrogen) atoms. The number of carbonyl (C=O) groups excluding carboxylic acids is 3. The highest BCUT2D eigenvalue weighted by Gasteiger charge is 2.68. The number of esters is 1. The number of carbonyl (C=O) groups is 3. The Morgan fingerprint density at radius 1 is 1.11 bits per heavy atom. The van der Waals surface area contributed by atoms with E-state index in [1.54, 1.807) is 6.92 Å². The van der Waals surface area contributed by atoms with Gasteiger partial charge in [-0.2, -0.15) is 0 Å². The number of ketones is 2. The Bertz CT molecular complexity index is 807. The minimum atomic E-state index is -0.991. The Labute approximate surface area is 167 Å². The molecule has 3 saturated carbocycles. The number of fused-ring (bicyclic) bond motifs is 5. The van der Waals surface area contributed by atoms with Crippen LogP contribution in [0.15, 0.2) is 23.8 Å². The van der Waals surface area contributed by atoms with E-state index in [-0.39, 0.29) is 28.4 Å². The lowest BCUT2D eigenvalue weighted by Gasteiger charge is -2.59. The second-order valence-electron chi connectivity index (χ2n) is 10.1. The molecule has 0 heterocycles. The molecule has 4 aliphatic rings. The maximum atomic E-state index is 12.8. The Hall–Kier alpha value is -1.71. The second kappa shape index (κ2) is 6.14. The van der Waals surface area contributed by atoms with Gasteiger partial charge in [0.05, 0.1) is 0 Å². The third-order valence-corrected chi connectivity index (χ3v) is 8.94. The number of hydrogen-bond acceptors (Lipinski definition) is 4. The third kappa shape index (κ3) is 2.39. The van der Waals surface area contributed by atoms with Crippen molar-refractivity contribution < 1.29 is 19.1 Å². The van der Waals surface area contributed by atoms with Crippen molar-refractivity contribution in [1.29, 1.82) is 0 Å². The molecular weight excluding hydrogens is 352 g/mol. The molecule has 0 radical (unpaired) electrons. The maximum absolute atomic E-state index is 12.8. The third-order valence-electron chi connectivity index (χ3n) is 8.94. The van der Waals surface area contributed by atoms with E-state index in [1.165, 1.54) is 12.5 Å². The molecule has 6 atom stereocenters. The van der Waals surface area contributed by atoms with Gasteiger partial charge in [-0.3, -0.25) is 14.4 Å². The molecule has 0 amide bonds. The molecule has 4 heteroatoms. The smallest absolute Gasteiger partial charge is 0.303 e. The fourth-order valence-corrected chi connectivity index (χ4v) is 7.63. The molecule has 4 rings (SSSR count). The van der Waals surface area contributed by atoms with Gasteiger partial charge in [0, 0.05) is 18.8 Å².